The lowest BCUT2D eigenvalue weighted by atomic mass is 10.0. The van der Waals surface area contributed by atoms with Gasteiger partial charge in [-0.1, -0.05) is 6.58 Å². The van der Waals surface area contributed by atoms with E-state index in [0.717, 1.165) is 0 Å². The zero-order valence-electron chi connectivity index (χ0n) is 8.35. The molecule has 19 heavy (non-hydrogen) atoms. The van der Waals surface area contributed by atoms with Crippen molar-refractivity contribution in [1.82, 2.24) is 0 Å². The van der Waals surface area contributed by atoms with Crippen molar-refractivity contribution < 1.29 is 53.0 Å². The molecule has 12 heteroatoms. The molecule has 0 aromatic carbocycles. The van der Waals surface area contributed by atoms with Crippen LogP contribution in [0.1, 0.15) is 0 Å². The van der Waals surface area contributed by atoms with E-state index in [2.05, 4.69) is 11.3 Å². The molecule has 0 bridgehead atoms. The Bertz CT molecular complexity index is 340. The smallest absolute Gasteiger partial charge is 0.454 e. The predicted molar refractivity (Wildman–Crippen MR) is 37.1 cm³/mol. The molecule has 114 valence electrons. The van der Waals surface area contributed by atoms with Gasteiger partial charge in [0.15, 0.2) is 0 Å². The molecule has 0 N–H and O–H groups in total. The lowest BCUT2D eigenvalue weighted by Gasteiger charge is -2.37. The number of alkyl halides is 11. The van der Waals surface area contributed by atoms with E-state index in [1.54, 1.807) is 0 Å². The summed E-state index contributed by atoms with van der Waals surface area (Å²) in [5.41, 5.74) is 0. The van der Waals surface area contributed by atoms with Crippen molar-refractivity contribution in [1.29, 1.82) is 0 Å². The van der Waals surface area contributed by atoms with Crippen LogP contribution in [0.3, 0.4) is 0 Å². The van der Waals surface area contributed by atoms with Gasteiger partial charge in [-0.15, -0.1) is 0 Å². The van der Waals surface area contributed by atoms with Gasteiger partial charge < -0.3 is 4.74 Å². The molecule has 1 nitrogen and oxygen atoms in total. The molecule has 0 rings (SSSR count). The van der Waals surface area contributed by atoms with E-state index in [0.29, 0.717) is 0 Å². The number of hydrogen-bond acceptors (Lipinski definition) is 1. The molecule has 1 atom stereocenters. The number of ether oxygens (including phenoxy) is 1. The zero-order valence-corrected chi connectivity index (χ0v) is 8.35. The molecule has 0 radical (unpaired) electrons. The van der Waals surface area contributed by atoms with Crippen LogP contribution >= 0.6 is 0 Å². The monoisotopic (exact) mass is 312 g/mol. The van der Waals surface area contributed by atoms with E-state index in [1.807, 2.05) is 0 Å². The Morgan fingerprint density at radius 2 is 1.00 bits per heavy atom. The number of rotatable bonds is 4. The highest BCUT2D eigenvalue weighted by Crippen LogP contribution is 2.57. The van der Waals surface area contributed by atoms with Crippen LogP contribution in [-0.2, 0) is 4.74 Å². The summed E-state index contributed by atoms with van der Waals surface area (Å²) in [6.07, 6.45) is -14.7. The van der Waals surface area contributed by atoms with E-state index in [1.165, 1.54) is 0 Å². The van der Waals surface area contributed by atoms with Gasteiger partial charge in [-0.25, -0.2) is 0 Å². The first-order chi connectivity index (χ1) is 8.06. The van der Waals surface area contributed by atoms with Crippen LogP contribution in [0.15, 0.2) is 12.8 Å². The second-order valence-corrected chi connectivity index (χ2v) is 3.02. The van der Waals surface area contributed by atoms with Crippen molar-refractivity contribution in [3.63, 3.8) is 0 Å². The summed E-state index contributed by atoms with van der Waals surface area (Å²) >= 11 is 0. The maximum Gasteiger partial charge on any atom is 0.467 e. The molecule has 0 aromatic heterocycles. The molecular formula is C7H3F11O. The Morgan fingerprint density at radius 1 is 0.632 bits per heavy atom. The summed E-state index contributed by atoms with van der Waals surface area (Å²) < 4.78 is 136. The second-order valence-electron chi connectivity index (χ2n) is 3.02. The van der Waals surface area contributed by atoms with Crippen LogP contribution < -0.4 is 0 Å². The third-order valence-corrected chi connectivity index (χ3v) is 1.76. The van der Waals surface area contributed by atoms with E-state index < -0.39 is 36.3 Å². The summed E-state index contributed by atoms with van der Waals surface area (Å²) in [6, 6.07) is 0. The van der Waals surface area contributed by atoms with Gasteiger partial charge in [0.2, 0.25) is 0 Å². The third-order valence-electron chi connectivity index (χ3n) is 1.76. The molecule has 0 saturated carbocycles. The molecule has 1 unspecified atom stereocenters. The minimum absolute atomic E-state index is 0.673. The largest absolute Gasteiger partial charge is 0.467 e. The highest BCUT2D eigenvalue weighted by Gasteiger charge is 2.88. The van der Waals surface area contributed by atoms with Crippen molar-refractivity contribution in [2.45, 2.75) is 30.1 Å². The number of hydrogen-bond donors (Lipinski definition) is 0. The number of halogens is 11. The Balaban J connectivity index is 6.03. The van der Waals surface area contributed by atoms with Crippen LogP contribution in [0, 0.1) is 0 Å². The molecule has 0 fully saturated rings. The van der Waals surface area contributed by atoms with Crippen molar-refractivity contribution in [2.24, 2.45) is 0 Å². The fraction of sp³-hybridized carbons (Fsp3) is 0.714. The minimum atomic E-state index is -7.33. The van der Waals surface area contributed by atoms with Crippen LogP contribution in [0.5, 0.6) is 0 Å². The fourth-order valence-electron chi connectivity index (χ4n) is 0.814. The van der Waals surface area contributed by atoms with Crippen molar-refractivity contribution in [3.8, 4) is 0 Å². The molecule has 0 amide bonds. The molecule has 0 heterocycles. The van der Waals surface area contributed by atoms with Crippen molar-refractivity contribution >= 4 is 0 Å². The highest BCUT2D eigenvalue weighted by molar-refractivity contribution is 5.04. The Labute approximate surface area is 97.2 Å². The van der Waals surface area contributed by atoms with E-state index in [-0.39, 0.29) is 0 Å². The van der Waals surface area contributed by atoms with Gasteiger partial charge >= 0.3 is 30.1 Å². The minimum Gasteiger partial charge on any atom is -0.454 e. The average molecular weight is 312 g/mol. The molecule has 0 spiro atoms. The molecular weight excluding hydrogens is 309 g/mol. The van der Waals surface area contributed by atoms with Gasteiger partial charge in [-0.05, 0) is 0 Å². The highest BCUT2D eigenvalue weighted by atomic mass is 19.4. The first kappa shape index (κ1) is 17.8. The molecule has 0 aliphatic carbocycles. The SMILES string of the molecule is C=COC(F)(C(F)(F)F)C(F)(F)C(F)(F)C(F)(F)F. The first-order valence-corrected chi connectivity index (χ1v) is 3.93. The van der Waals surface area contributed by atoms with Gasteiger partial charge in [0, 0.05) is 0 Å². The zero-order chi connectivity index (χ0) is 15.9. The first-order valence-electron chi connectivity index (χ1n) is 3.93. The maximum absolute atomic E-state index is 13.0. The van der Waals surface area contributed by atoms with E-state index in [9.17, 15) is 48.3 Å². The van der Waals surface area contributed by atoms with Gasteiger partial charge in [0.1, 0.15) is 0 Å². The van der Waals surface area contributed by atoms with Gasteiger partial charge in [-0.3, -0.25) is 0 Å². The van der Waals surface area contributed by atoms with E-state index >= 15 is 0 Å². The summed E-state index contributed by atoms with van der Waals surface area (Å²) in [4.78, 5) is 0. The molecule has 0 aliphatic rings. The van der Waals surface area contributed by atoms with E-state index in [4.69, 9.17) is 0 Å². The summed E-state index contributed by atoms with van der Waals surface area (Å²) in [5, 5.41) is 0. The van der Waals surface area contributed by atoms with Crippen LogP contribution in [0.25, 0.3) is 0 Å². The van der Waals surface area contributed by atoms with Crippen LogP contribution in [0.2, 0.25) is 0 Å². The Hall–Kier alpha value is -1.23. The normalized spacial score (nSPS) is 17.8. The molecule has 0 saturated heterocycles. The topological polar surface area (TPSA) is 9.23 Å². The second kappa shape index (κ2) is 4.40. The standard InChI is InChI=1S/C7H3F11O/c1-2-19-5(12,7(16,17)18)3(8,9)4(10,11)6(13,14)15/h2H,1H2. The lowest BCUT2D eigenvalue weighted by molar-refractivity contribution is -0.455. The maximum atomic E-state index is 13.0. The summed E-state index contributed by atoms with van der Waals surface area (Å²) in [5.74, 6) is -21.2. The molecule has 0 aromatic rings. The average Bonchev–Trinajstić information content (AvgIpc) is 2.13. The van der Waals surface area contributed by atoms with Crippen LogP contribution in [0.4, 0.5) is 48.3 Å². The molecule has 0 aliphatic heterocycles. The lowest BCUT2D eigenvalue weighted by Crippen LogP contribution is -2.68. The van der Waals surface area contributed by atoms with Crippen LogP contribution in [-0.4, -0.2) is 30.1 Å². The fourth-order valence-corrected chi connectivity index (χ4v) is 0.814. The predicted octanol–water partition coefficient (Wildman–Crippen LogP) is 4.21. The Kier molecular flexibility index (Phi) is 4.12. The quantitative estimate of drug-likeness (QED) is 0.558. The summed E-state index contributed by atoms with van der Waals surface area (Å²) in [6.45, 7) is 2.20. The van der Waals surface area contributed by atoms with Gasteiger partial charge in [-0.2, -0.15) is 48.3 Å². The van der Waals surface area contributed by atoms with Crippen molar-refractivity contribution in [2.75, 3.05) is 0 Å². The van der Waals surface area contributed by atoms with Gasteiger partial charge in [0.05, 0.1) is 6.26 Å². The van der Waals surface area contributed by atoms with Gasteiger partial charge in [0.25, 0.3) is 0 Å². The third kappa shape index (κ3) is 2.43. The van der Waals surface area contributed by atoms with Crippen molar-refractivity contribution in [3.05, 3.63) is 12.8 Å². The Morgan fingerprint density at radius 3 is 1.21 bits per heavy atom. The summed E-state index contributed by atoms with van der Waals surface area (Å²) in [7, 11) is 0.